The molecule has 1 aromatic heterocycles. The predicted octanol–water partition coefficient (Wildman–Crippen LogP) is 3.78. The number of hydrogen-bond acceptors (Lipinski definition) is 6. The van der Waals surface area contributed by atoms with Gasteiger partial charge in [0, 0.05) is 11.4 Å². The molecule has 1 fully saturated rings. The Kier molecular flexibility index (Phi) is 6.46. The highest BCUT2D eigenvalue weighted by atomic mass is 32.1. The summed E-state index contributed by atoms with van der Waals surface area (Å²) in [6.45, 7) is 13.5. The Bertz CT molecular complexity index is 689. The Morgan fingerprint density at radius 1 is 1.30 bits per heavy atom. The standard InChI is InChI=1S/C19H30BNO5S/c1-17(2,3)24-16(23)21-11-14(10-13-8-9-27-15(13)12-22)20-25-18(4,5)19(6,7)26-20/h8-10,22H,11-12H2,1-7H3,(H,21,23). The van der Waals surface area contributed by atoms with E-state index in [1.54, 1.807) is 0 Å². The first-order valence-electron chi connectivity index (χ1n) is 9.05. The summed E-state index contributed by atoms with van der Waals surface area (Å²) in [5.74, 6) is 0. The van der Waals surface area contributed by atoms with E-state index in [9.17, 15) is 9.90 Å². The smallest absolute Gasteiger partial charge is 0.444 e. The van der Waals surface area contributed by atoms with Crippen LogP contribution in [0.5, 0.6) is 0 Å². The van der Waals surface area contributed by atoms with Gasteiger partial charge < -0.3 is 24.5 Å². The maximum atomic E-state index is 12.1. The van der Waals surface area contributed by atoms with Crippen molar-refractivity contribution in [3.63, 3.8) is 0 Å². The first-order valence-corrected chi connectivity index (χ1v) is 9.93. The third kappa shape index (κ3) is 5.57. The Balaban J connectivity index is 2.24. The molecule has 1 aliphatic rings. The maximum Gasteiger partial charge on any atom is 0.492 e. The van der Waals surface area contributed by atoms with Crippen LogP contribution < -0.4 is 5.32 Å². The van der Waals surface area contributed by atoms with E-state index in [0.29, 0.717) is 0 Å². The Morgan fingerprint density at radius 3 is 2.41 bits per heavy atom. The number of aliphatic hydroxyl groups is 1. The molecule has 0 saturated carbocycles. The van der Waals surface area contributed by atoms with Crippen molar-refractivity contribution < 1.29 is 23.9 Å². The van der Waals surface area contributed by atoms with Crippen LogP contribution in [0.15, 0.2) is 16.9 Å². The topological polar surface area (TPSA) is 77.0 Å². The molecule has 0 unspecified atom stereocenters. The van der Waals surface area contributed by atoms with Crippen molar-refractivity contribution in [1.29, 1.82) is 0 Å². The van der Waals surface area contributed by atoms with Crippen LogP contribution in [0.4, 0.5) is 4.79 Å². The van der Waals surface area contributed by atoms with Crippen LogP contribution in [0.1, 0.15) is 58.9 Å². The van der Waals surface area contributed by atoms with Gasteiger partial charge in [0.05, 0.1) is 17.8 Å². The minimum Gasteiger partial charge on any atom is -0.444 e. The molecular formula is C19H30BNO5S. The summed E-state index contributed by atoms with van der Waals surface area (Å²) in [7, 11) is -0.601. The van der Waals surface area contributed by atoms with Crippen LogP contribution in [0, 0.1) is 0 Å². The summed E-state index contributed by atoms with van der Waals surface area (Å²) in [6, 6.07) is 1.93. The highest BCUT2D eigenvalue weighted by molar-refractivity contribution is 7.10. The zero-order valence-corrected chi connectivity index (χ0v) is 18.0. The van der Waals surface area contributed by atoms with Crippen molar-refractivity contribution in [2.24, 2.45) is 0 Å². The van der Waals surface area contributed by atoms with Gasteiger partial charge >= 0.3 is 13.2 Å². The van der Waals surface area contributed by atoms with Gasteiger partial charge in [-0.15, -0.1) is 11.3 Å². The van der Waals surface area contributed by atoms with E-state index in [0.717, 1.165) is 15.9 Å². The summed E-state index contributed by atoms with van der Waals surface area (Å²) in [5.41, 5.74) is 0.0927. The lowest BCUT2D eigenvalue weighted by Crippen LogP contribution is -2.41. The van der Waals surface area contributed by atoms with Crippen molar-refractivity contribution >= 4 is 30.6 Å². The molecule has 0 spiro atoms. The summed E-state index contributed by atoms with van der Waals surface area (Å²) in [4.78, 5) is 12.9. The summed E-state index contributed by atoms with van der Waals surface area (Å²) in [5, 5.41) is 14.2. The van der Waals surface area contributed by atoms with Gasteiger partial charge in [0.25, 0.3) is 0 Å². The second-order valence-electron chi connectivity index (χ2n) is 8.62. The highest BCUT2D eigenvalue weighted by Crippen LogP contribution is 2.39. The van der Waals surface area contributed by atoms with E-state index in [1.165, 1.54) is 11.3 Å². The highest BCUT2D eigenvalue weighted by Gasteiger charge is 2.52. The minimum absolute atomic E-state index is 0.0420. The van der Waals surface area contributed by atoms with Gasteiger partial charge in [-0.25, -0.2) is 4.79 Å². The van der Waals surface area contributed by atoms with Gasteiger partial charge in [0.2, 0.25) is 0 Å². The molecule has 0 atom stereocenters. The molecule has 1 saturated heterocycles. The van der Waals surface area contributed by atoms with E-state index in [-0.39, 0.29) is 13.2 Å². The number of thiophene rings is 1. The third-order valence-electron chi connectivity index (χ3n) is 4.66. The number of carbonyl (C=O) groups is 1. The monoisotopic (exact) mass is 395 g/mol. The molecule has 0 radical (unpaired) electrons. The van der Waals surface area contributed by atoms with Gasteiger partial charge in [-0.05, 0) is 70.9 Å². The minimum atomic E-state index is -0.601. The van der Waals surface area contributed by atoms with Crippen molar-refractivity contribution in [3.05, 3.63) is 27.4 Å². The van der Waals surface area contributed by atoms with Gasteiger partial charge in [0.15, 0.2) is 0 Å². The zero-order valence-electron chi connectivity index (χ0n) is 17.2. The van der Waals surface area contributed by atoms with Gasteiger partial charge in [-0.1, -0.05) is 6.08 Å². The number of hydrogen-bond donors (Lipinski definition) is 2. The van der Waals surface area contributed by atoms with Crippen LogP contribution in [0.3, 0.4) is 0 Å². The Hall–Kier alpha value is -1.35. The fourth-order valence-electron chi connectivity index (χ4n) is 2.49. The molecule has 0 bridgehead atoms. The van der Waals surface area contributed by atoms with Crippen LogP contribution >= 0.6 is 11.3 Å². The lowest BCUT2D eigenvalue weighted by Gasteiger charge is -2.32. The second kappa shape index (κ2) is 7.95. The Morgan fingerprint density at radius 2 is 1.89 bits per heavy atom. The predicted molar refractivity (Wildman–Crippen MR) is 109 cm³/mol. The van der Waals surface area contributed by atoms with Crippen LogP contribution in [-0.2, 0) is 20.7 Å². The fraction of sp³-hybridized carbons (Fsp3) is 0.632. The van der Waals surface area contributed by atoms with Crippen molar-refractivity contribution in [1.82, 2.24) is 5.32 Å². The summed E-state index contributed by atoms with van der Waals surface area (Å²) < 4.78 is 17.6. The molecule has 27 heavy (non-hydrogen) atoms. The fourth-order valence-corrected chi connectivity index (χ4v) is 3.21. The number of alkyl carbamates (subject to hydrolysis) is 1. The zero-order chi connectivity index (χ0) is 20.5. The van der Waals surface area contributed by atoms with E-state index >= 15 is 0 Å². The van der Waals surface area contributed by atoms with E-state index in [4.69, 9.17) is 14.0 Å². The molecule has 6 nitrogen and oxygen atoms in total. The van der Waals surface area contributed by atoms with Crippen molar-refractivity contribution in [3.8, 4) is 0 Å². The number of nitrogens with one attached hydrogen (secondary N) is 1. The molecule has 1 amide bonds. The largest absolute Gasteiger partial charge is 0.492 e. The molecule has 1 aromatic rings. The van der Waals surface area contributed by atoms with Gasteiger partial charge in [-0.2, -0.15) is 0 Å². The normalized spacial score (nSPS) is 19.3. The molecule has 1 aliphatic heterocycles. The number of ether oxygens (including phenoxy) is 1. The molecule has 0 aromatic carbocycles. The number of aliphatic hydroxyl groups excluding tert-OH is 1. The second-order valence-corrected chi connectivity index (χ2v) is 9.62. The first-order chi connectivity index (χ1) is 12.3. The van der Waals surface area contributed by atoms with E-state index < -0.39 is 30.0 Å². The van der Waals surface area contributed by atoms with E-state index in [2.05, 4.69) is 5.32 Å². The van der Waals surface area contributed by atoms with Gasteiger partial charge in [-0.3, -0.25) is 0 Å². The molecular weight excluding hydrogens is 365 g/mol. The summed E-state index contributed by atoms with van der Waals surface area (Å²) >= 11 is 1.48. The molecule has 2 heterocycles. The third-order valence-corrected chi connectivity index (χ3v) is 5.58. The number of rotatable bonds is 5. The summed E-state index contributed by atoms with van der Waals surface area (Å²) in [6.07, 6.45) is 1.40. The lowest BCUT2D eigenvalue weighted by molar-refractivity contribution is 0.00578. The average Bonchev–Trinajstić information content (AvgIpc) is 3.03. The SMILES string of the molecule is CC(C)(C)OC(=O)NCC(=Cc1ccsc1CO)B1OC(C)(C)C(C)(C)O1. The van der Waals surface area contributed by atoms with Crippen molar-refractivity contribution in [2.45, 2.75) is 71.9 Å². The quantitative estimate of drug-likeness (QED) is 0.742. The first kappa shape index (κ1) is 21.9. The maximum absolute atomic E-state index is 12.1. The average molecular weight is 395 g/mol. The van der Waals surface area contributed by atoms with E-state index in [1.807, 2.05) is 66.0 Å². The number of carbonyl (C=O) groups excluding carboxylic acids is 1. The number of amides is 1. The van der Waals surface area contributed by atoms with Gasteiger partial charge in [0.1, 0.15) is 5.60 Å². The molecule has 150 valence electrons. The van der Waals surface area contributed by atoms with Crippen LogP contribution in [-0.4, -0.2) is 41.7 Å². The molecule has 2 rings (SSSR count). The lowest BCUT2D eigenvalue weighted by atomic mass is 9.77. The van der Waals surface area contributed by atoms with Crippen molar-refractivity contribution in [2.75, 3.05) is 6.54 Å². The van der Waals surface area contributed by atoms with Crippen LogP contribution in [0.2, 0.25) is 0 Å². The molecule has 0 aliphatic carbocycles. The Labute approximate surface area is 166 Å². The molecule has 8 heteroatoms. The molecule has 2 N–H and O–H groups in total. The van der Waals surface area contributed by atoms with Crippen LogP contribution in [0.25, 0.3) is 6.08 Å².